The number of rotatable bonds is 4. The predicted octanol–water partition coefficient (Wildman–Crippen LogP) is -1.05. The molecule has 0 amide bonds. The van der Waals surface area contributed by atoms with Crippen molar-refractivity contribution in [2.75, 3.05) is 20.2 Å². The third kappa shape index (κ3) is 4.05. The van der Waals surface area contributed by atoms with Crippen molar-refractivity contribution in [3.05, 3.63) is 0 Å². The van der Waals surface area contributed by atoms with E-state index in [-0.39, 0.29) is 6.61 Å². The smallest absolute Gasteiger partial charge is 0.0686 e. The van der Waals surface area contributed by atoms with E-state index < -0.39 is 6.10 Å². The van der Waals surface area contributed by atoms with Crippen LogP contribution in [0.15, 0.2) is 0 Å². The van der Waals surface area contributed by atoms with Crippen molar-refractivity contribution in [2.24, 2.45) is 0 Å². The van der Waals surface area contributed by atoms with E-state index in [1.807, 2.05) is 0 Å². The van der Waals surface area contributed by atoms with Gasteiger partial charge in [-0.25, -0.2) is 0 Å². The fourth-order valence-corrected chi connectivity index (χ4v) is 0.487. The first kappa shape index (κ1) is 7.88. The Balaban J connectivity index is 2.92. The average Bonchev–Trinajstić information content (AvgIpc) is 1.68. The molecule has 50 valence electrons. The topological polar surface area (TPSA) is 52.5 Å². The van der Waals surface area contributed by atoms with Crippen molar-refractivity contribution >= 4 is 0 Å². The molecule has 0 radical (unpaired) electrons. The van der Waals surface area contributed by atoms with Crippen molar-refractivity contribution in [1.29, 1.82) is 0 Å². The third-order valence-corrected chi connectivity index (χ3v) is 0.902. The number of likely N-dealkylation sites (N-methyl/N-ethyl adjacent to an activating group) is 1. The van der Waals surface area contributed by atoms with Gasteiger partial charge in [0.1, 0.15) is 0 Å². The monoisotopic (exact) mass is 119 g/mol. The molecule has 0 saturated heterocycles. The van der Waals surface area contributed by atoms with E-state index >= 15 is 0 Å². The number of nitrogens with one attached hydrogen (secondary N) is 1. The number of aliphatic hydroxyl groups is 2. The van der Waals surface area contributed by atoms with E-state index in [2.05, 4.69) is 5.32 Å². The summed E-state index contributed by atoms with van der Waals surface area (Å²) in [5.41, 5.74) is 0. The Morgan fingerprint density at radius 2 is 2.25 bits per heavy atom. The van der Waals surface area contributed by atoms with Gasteiger partial charge in [-0.1, -0.05) is 0 Å². The molecule has 0 aliphatic heterocycles. The fraction of sp³-hybridized carbons (Fsp3) is 1.00. The van der Waals surface area contributed by atoms with Crippen LogP contribution in [0.1, 0.15) is 6.42 Å². The minimum atomic E-state index is -0.398. The molecule has 3 heteroatoms. The second-order valence-corrected chi connectivity index (χ2v) is 1.72. The highest BCUT2D eigenvalue weighted by molar-refractivity contribution is 4.54. The highest BCUT2D eigenvalue weighted by Gasteiger charge is 1.98. The van der Waals surface area contributed by atoms with E-state index in [0.29, 0.717) is 13.0 Å². The van der Waals surface area contributed by atoms with Gasteiger partial charge in [-0.2, -0.15) is 0 Å². The van der Waals surface area contributed by atoms with Crippen LogP contribution in [-0.2, 0) is 0 Å². The lowest BCUT2D eigenvalue weighted by atomic mass is 10.3. The summed E-state index contributed by atoms with van der Waals surface area (Å²) in [6.07, 6.45) is 0.0610. The van der Waals surface area contributed by atoms with Gasteiger partial charge in [0.15, 0.2) is 0 Å². The average molecular weight is 119 g/mol. The quantitative estimate of drug-likeness (QED) is 0.442. The maximum atomic E-state index is 8.83. The zero-order valence-corrected chi connectivity index (χ0v) is 5.09. The molecule has 3 N–H and O–H groups in total. The van der Waals surface area contributed by atoms with Gasteiger partial charge in [0.2, 0.25) is 0 Å². The third-order valence-electron chi connectivity index (χ3n) is 0.902. The van der Waals surface area contributed by atoms with Crippen LogP contribution >= 0.6 is 0 Å². The molecule has 0 aromatic carbocycles. The summed E-state index contributed by atoms with van der Waals surface area (Å²) in [7, 11) is 1.76. The van der Waals surface area contributed by atoms with Gasteiger partial charge in [0.05, 0.1) is 6.10 Å². The molecule has 0 fully saturated rings. The van der Waals surface area contributed by atoms with Crippen molar-refractivity contribution in [3.63, 3.8) is 0 Å². The standard InChI is InChI=1S/C5H13NO2/c1-6-4-5(8)2-3-7/h5-8H,2-4H2,1H3/t5-/m1/s1. The second-order valence-electron chi connectivity index (χ2n) is 1.72. The molecule has 0 saturated carbocycles. The Morgan fingerprint density at radius 1 is 1.62 bits per heavy atom. The Labute approximate surface area is 49.3 Å². The Morgan fingerprint density at radius 3 is 2.62 bits per heavy atom. The lowest BCUT2D eigenvalue weighted by molar-refractivity contribution is 0.133. The van der Waals surface area contributed by atoms with Gasteiger partial charge in [-0.15, -0.1) is 0 Å². The summed E-state index contributed by atoms with van der Waals surface area (Å²) in [6, 6.07) is 0. The van der Waals surface area contributed by atoms with Crippen molar-refractivity contribution in [1.82, 2.24) is 5.32 Å². The van der Waals surface area contributed by atoms with Gasteiger partial charge in [-0.3, -0.25) is 0 Å². The number of hydrogen-bond acceptors (Lipinski definition) is 3. The lowest BCUT2D eigenvalue weighted by Crippen LogP contribution is -2.24. The molecule has 1 atom stereocenters. The van der Waals surface area contributed by atoms with Crippen LogP contribution in [0.4, 0.5) is 0 Å². The minimum Gasteiger partial charge on any atom is -0.396 e. The summed E-state index contributed by atoms with van der Waals surface area (Å²) in [5.74, 6) is 0. The maximum absolute atomic E-state index is 8.83. The summed E-state index contributed by atoms with van der Waals surface area (Å²) in [4.78, 5) is 0. The highest BCUT2D eigenvalue weighted by atomic mass is 16.3. The van der Waals surface area contributed by atoms with E-state index in [4.69, 9.17) is 10.2 Å². The van der Waals surface area contributed by atoms with Crippen LogP contribution in [0.2, 0.25) is 0 Å². The van der Waals surface area contributed by atoms with E-state index in [9.17, 15) is 0 Å². The van der Waals surface area contributed by atoms with E-state index in [1.54, 1.807) is 7.05 Å². The Hall–Kier alpha value is -0.120. The van der Waals surface area contributed by atoms with Crippen LogP contribution in [0.25, 0.3) is 0 Å². The molecule has 0 aliphatic carbocycles. The molecule has 0 bridgehead atoms. The fourth-order valence-electron chi connectivity index (χ4n) is 0.487. The zero-order valence-electron chi connectivity index (χ0n) is 5.09. The summed E-state index contributed by atoms with van der Waals surface area (Å²) >= 11 is 0. The largest absolute Gasteiger partial charge is 0.396 e. The van der Waals surface area contributed by atoms with Crippen LogP contribution in [0.3, 0.4) is 0 Å². The van der Waals surface area contributed by atoms with Gasteiger partial charge in [-0.05, 0) is 13.5 Å². The Bertz CT molecular complexity index is 43.7. The predicted molar refractivity (Wildman–Crippen MR) is 31.6 cm³/mol. The van der Waals surface area contributed by atoms with Crippen LogP contribution in [-0.4, -0.2) is 36.5 Å². The van der Waals surface area contributed by atoms with Crippen molar-refractivity contribution in [2.45, 2.75) is 12.5 Å². The van der Waals surface area contributed by atoms with Gasteiger partial charge in [0, 0.05) is 13.2 Å². The molecule has 3 nitrogen and oxygen atoms in total. The highest BCUT2D eigenvalue weighted by Crippen LogP contribution is 1.85. The van der Waals surface area contributed by atoms with Crippen molar-refractivity contribution in [3.8, 4) is 0 Å². The molecule has 8 heavy (non-hydrogen) atoms. The molecular weight excluding hydrogens is 106 g/mol. The SMILES string of the molecule is CNC[C@H](O)CCO. The molecule has 0 aliphatic rings. The van der Waals surface area contributed by atoms with Crippen LogP contribution < -0.4 is 5.32 Å². The minimum absolute atomic E-state index is 0.0584. The summed E-state index contributed by atoms with van der Waals surface area (Å²) in [5, 5.41) is 19.9. The Kier molecular flexibility index (Phi) is 4.95. The maximum Gasteiger partial charge on any atom is 0.0686 e. The first-order chi connectivity index (χ1) is 3.81. The zero-order chi connectivity index (χ0) is 6.41. The molecule has 0 aromatic heterocycles. The van der Waals surface area contributed by atoms with E-state index in [0.717, 1.165) is 0 Å². The molecule has 0 spiro atoms. The number of hydrogen-bond donors (Lipinski definition) is 3. The second kappa shape index (κ2) is 5.03. The molecule has 0 aromatic rings. The molecule has 0 unspecified atom stereocenters. The normalized spacial score (nSPS) is 13.9. The van der Waals surface area contributed by atoms with Gasteiger partial charge >= 0.3 is 0 Å². The van der Waals surface area contributed by atoms with Crippen LogP contribution in [0, 0.1) is 0 Å². The lowest BCUT2D eigenvalue weighted by Gasteiger charge is -2.05. The molecular formula is C5H13NO2. The summed E-state index contributed by atoms with van der Waals surface area (Å²) in [6.45, 7) is 0.614. The first-order valence-electron chi connectivity index (χ1n) is 2.74. The van der Waals surface area contributed by atoms with E-state index in [1.165, 1.54) is 0 Å². The first-order valence-corrected chi connectivity index (χ1v) is 2.74. The molecule has 0 rings (SSSR count). The van der Waals surface area contributed by atoms with Gasteiger partial charge in [0.25, 0.3) is 0 Å². The van der Waals surface area contributed by atoms with Gasteiger partial charge < -0.3 is 15.5 Å². The number of aliphatic hydroxyl groups excluding tert-OH is 2. The van der Waals surface area contributed by atoms with Crippen molar-refractivity contribution < 1.29 is 10.2 Å². The van der Waals surface area contributed by atoms with Crippen LogP contribution in [0.5, 0.6) is 0 Å². The molecule has 0 heterocycles. The summed E-state index contributed by atoms with van der Waals surface area (Å²) < 4.78 is 0.